The van der Waals surface area contributed by atoms with Crippen LogP contribution in [0.1, 0.15) is 26.3 Å². The molecule has 9 heteroatoms. The van der Waals surface area contributed by atoms with Crippen molar-refractivity contribution in [2.75, 3.05) is 12.0 Å². The topological polar surface area (TPSA) is 88.6 Å². The van der Waals surface area contributed by atoms with Gasteiger partial charge in [0.2, 0.25) is 13.2 Å². The van der Waals surface area contributed by atoms with Gasteiger partial charge in [0, 0.05) is 20.3 Å². The number of fused-ring (bicyclic) bond motifs is 1. The lowest BCUT2D eigenvalue weighted by Gasteiger charge is -2.22. The van der Waals surface area contributed by atoms with Crippen molar-refractivity contribution in [2.24, 2.45) is 11.8 Å². The van der Waals surface area contributed by atoms with Crippen molar-refractivity contribution in [2.45, 2.75) is 27.3 Å². The number of aromatic hydroxyl groups is 1. The maximum absolute atomic E-state index is 12.8. The summed E-state index contributed by atoms with van der Waals surface area (Å²) in [5, 5.41) is 13.9. The van der Waals surface area contributed by atoms with Gasteiger partial charge in [-0.05, 0) is 19.1 Å². The monoisotopic (exact) mass is 478 g/mol. The third-order valence-corrected chi connectivity index (χ3v) is 5.64. The van der Waals surface area contributed by atoms with Crippen molar-refractivity contribution in [3.05, 3.63) is 40.2 Å². The molecule has 1 aliphatic rings. The van der Waals surface area contributed by atoms with Crippen LogP contribution < -0.4 is 16.2 Å². The van der Waals surface area contributed by atoms with E-state index in [0.29, 0.717) is 17.5 Å². The largest absolute Gasteiger partial charge is 0.493 e. The van der Waals surface area contributed by atoms with Crippen LogP contribution in [0.4, 0.5) is 5.69 Å². The summed E-state index contributed by atoms with van der Waals surface area (Å²) in [4.78, 5) is 12.4. The van der Waals surface area contributed by atoms with Crippen molar-refractivity contribution < 1.29 is 9.67 Å². The molecule has 0 saturated carbocycles. The minimum absolute atomic E-state index is 0. The molecule has 2 aromatic rings. The van der Waals surface area contributed by atoms with E-state index in [9.17, 15) is 14.5 Å². The number of hydrogen-bond donors (Lipinski definition) is 2. The molecule has 2 heterocycles. The first kappa shape index (κ1) is 21.5. The van der Waals surface area contributed by atoms with E-state index in [0.717, 1.165) is 0 Å². The smallest absolute Gasteiger partial charge is 0.281 e. The molecule has 1 aromatic heterocycles. The quantitative estimate of drug-likeness (QED) is 0.514. The van der Waals surface area contributed by atoms with Gasteiger partial charge in [-0.25, -0.2) is 9.44 Å². The maximum atomic E-state index is 12.8. The summed E-state index contributed by atoms with van der Waals surface area (Å²) in [6.07, 6.45) is 0. The van der Waals surface area contributed by atoms with Gasteiger partial charge in [-0.1, -0.05) is 26.0 Å². The number of rotatable bonds is 2. The van der Waals surface area contributed by atoms with Crippen LogP contribution in [0.2, 0.25) is 0 Å². The van der Waals surface area contributed by atoms with Crippen molar-refractivity contribution in [1.29, 1.82) is 0 Å². The molecule has 1 atom stereocenters. The third kappa shape index (κ3) is 3.69. The summed E-state index contributed by atoms with van der Waals surface area (Å²) in [6.45, 7) is 7.77. The molecule has 1 aliphatic heterocycles. The van der Waals surface area contributed by atoms with Crippen LogP contribution in [-0.2, 0) is 18.2 Å². The van der Waals surface area contributed by atoms with Gasteiger partial charge in [0.1, 0.15) is 5.56 Å². The Labute approximate surface area is 164 Å². The van der Waals surface area contributed by atoms with Gasteiger partial charge in [-0.3, -0.25) is 14.0 Å². The first-order valence-corrected chi connectivity index (χ1v) is 10.0. The Morgan fingerprint density at radius 1 is 1.28 bits per heavy atom. The Hall–Kier alpha value is -1.54. The van der Waals surface area contributed by atoms with E-state index in [1.54, 1.807) is 38.8 Å². The highest BCUT2D eigenvalue weighted by Crippen LogP contribution is 2.47. The van der Waals surface area contributed by atoms with E-state index < -0.39 is 7.29 Å². The lowest BCUT2D eigenvalue weighted by molar-refractivity contribution is 0.386. The normalized spacial score (nSPS) is 18.0. The van der Waals surface area contributed by atoms with Gasteiger partial charge in [0.25, 0.3) is 5.56 Å². The van der Waals surface area contributed by atoms with Gasteiger partial charge in [-0.15, -0.1) is 24.0 Å². The molecule has 7 nitrogen and oxygen atoms in total. The molecule has 0 aliphatic carbocycles. The number of amidine groups is 1. The van der Waals surface area contributed by atoms with Gasteiger partial charge in [-0.2, -0.15) is 0 Å². The van der Waals surface area contributed by atoms with Crippen LogP contribution in [-0.4, -0.2) is 27.0 Å². The summed E-state index contributed by atoms with van der Waals surface area (Å²) < 4.78 is 19.8. The zero-order valence-electron chi connectivity index (χ0n) is 15.0. The highest BCUT2D eigenvalue weighted by atomic mass is 127. The molecule has 1 aromatic carbocycles. The van der Waals surface area contributed by atoms with Crippen molar-refractivity contribution in [3.8, 4) is 5.88 Å². The SMILES string of the molecule is CC.CCn1c(=O)c(C2=NP(C)(=O)c3ccccc3N2)c(O)n1C.I. The van der Waals surface area contributed by atoms with Crippen LogP contribution in [0, 0.1) is 0 Å². The molecule has 3 rings (SSSR count). The Morgan fingerprint density at radius 3 is 2.44 bits per heavy atom. The van der Waals surface area contributed by atoms with E-state index >= 15 is 0 Å². The molecule has 0 amide bonds. The second-order valence-corrected chi connectivity index (χ2v) is 7.65. The number of nitrogens with one attached hydrogen (secondary N) is 1. The van der Waals surface area contributed by atoms with Crippen molar-refractivity contribution >= 4 is 48.1 Å². The fourth-order valence-corrected chi connectivity index (χ4v) is 4.23. The second kappa shape index (κ2) is 8.23. The Morgan fingerprint density at radius 2 is 1.88 bits per heavy atom. The molecule has 25 heavy (non-hydrogen) atoms. The van der Waals surface area contributed by atoms with Crippen molar-refractivity contribution in [3.63, 3.8) is 0 Å². The highest BCUT2D eigenvalue weighted by molar-refractivity contribution is 14.0. The van der Waals surface area contributed by atoms with Gasteiger partial charge in [0.15, 0.2) is 5.84 Å². The highest BCUT2D eigenvalue weighted by Gasteiger charge is 2.31. The maximum Gasteiger partial charge on any atom is 0.281 e. The predicted molar refractivity (Wildman–Crippen MR) is 114 cm³/mol. The van der Waals surface area contributed by atoms with E-state index in [1.807, 2.05) is 19.9 Å². The number of benzene rings is 1. The molecule has 0 saturated heterocycles. The van der Waals surface area contributed by atoms with Crippen molar-refractivity contribution in [1.82, 2.24) is 9.36 Å². The fourth-order valence-electron chi connectivity index (χ4n) is 2.65. The van der Waals surface area contributed by atoms with Crippen LogP contribution in [0.15, 0.2) is 33.8 Å². The minimum atomic E-state index is -3.00. The summed E-state index contributed by atoms with van der Waals surface area (Å²) in [6, 6.07) is 7.13. The Balaban J connectivity index is 0.00000101. The zero-order valence-corrected chi connectivity index (χ0v) is 18.2. The molecular formula is C16H24IN4O3P. The van der Waals surface area contributed by atoms with Crippen LogP contribution in [0.25, 0.3) is 0 Å². The summed E-state index contributed by atoms with van der Waals surface area (Å²) in [5.74, 6) is -0.0488. The number of para-hydroxylation sites is 1. The summed E-state index contributed by atoms with van der Waals surface area (Å²) in [5.41, 5.74) is 0.318. The molecule has 1 unspecified atom stereocenters. The van der Waals surface area contributed by atoms with Gasteiger partial charge >= 0.3 is 0 Å². The number of hydrogen-bond acceptors (Lipinski definition) is 4. The van der Waals surface area contributed by atoms with E-state index in [1.165, 1.54) is 9.36 Å². The average molecular weight is 478 g/mol. The minimum Gasteiger partial charge on any atom is -0.493 e. The summed E-state index contributed by atoms with van der Waals surface area (Å²) >= 11 is 0. The molecule has 0 radical (unpaired) electrons. The van der Waals surface area contributed by atoms with Gasteiger partial charge in [0.05, 0.1) is 11.0 Å². The number of aromatic nitrogens is 2. The van der Waals surface area contributed by atoms with E-state index in [-0.39, 0.29) is 46.8 Å². The lowest BCUT2D eigenvalue weighted by Crippen LogP contribution is -2.30. The van der Waals surface area contributed by atoms with Crippen LogP contribution in [0.5, 0.6) is 5.88 Å². The Bertz CT molecular complexity index is 901. The first-order chi connectivity index (χ1) is 11.4. The average Bonchev–Trinajstić information content (AvgIpc) is 2.78. The molecular weight excluding hydrogens is 454 g/mol. The summed E-state index contributed by atoms with van der Waals surface area (Å²) in [7, 11) is -1.41. The molecule has 0 spiro atoms. The van der Waals surface area contributed by atoms with E-state index in [2.05, 4.69) is 10.1 Å². The third-order valence-electron chi connectivity index (χ3n) is 3.77. The number of halogens is 1. The molecule has 0 bridgehead atoms. The standard InChI is InChI=1S/C14H17N4O3P.C2H6.HI/c1-4-18-14(20)11(13(19)17(18)2)12-15-9-7-5-6-8-10(9)22(3,21)16-12;1-2;/h5-8,19H,4H2,1-3H3,(H,15,16,21);1-2H3;1H. The lowest BCUT2D eigenvalue weighted by atomic mass is 10.2. The van der Waals surface area contributed by atoms with Crippen LogP contribution in [0.3, 0.4) is 0 Å². The van der Waals surface area contributed by atoms with Gasteiger partial charge < -0.3 is 10.4 Å². The Kier molecular flexibility index (Phi) is 7.08. The number of nitrogens with zero attached hydrogens (tertiary/aromatic N) is 3. The second-order valence-electron chi connectivity index (χ2n) is 5.21. The van der Waals surface area contributed by atoms with E-state index in [4.69, 9.17) is 0 Å². The molecule has 0 fully saturated rings. The zero-order chi connectivity index (χ0) is 18.1. The molecule has 138 valence electrons. The number of anilines is 1. The molecule has 2 N–H and O–H groups in total. The predicted octanol–water partition coefficient (Wildman–Crippen LogP) is 2.96. The first-order valence-electron chi connectivity index (χ1n) is 7.90. The fraction of sp³-hybridized carbons (Fsp3) is 0.375. The van der Waals surface area contributed by atoms with Crippen LogP contribution >= 0.6 is 31.3 Å².